The fourth-order valence-electron chi connectivity index (χ4n) is 0.955. The van der Waals surface area contributed by atoms with E-state index in [0.717, 1.165) is 12.8 Å². The molecule has 1 saturated carbocycles. The van der Waals surface area contributed by atoms with Gasteiger partial charge in [-0.15, -0.1) is 10.2 Å². The third-order valence-corrected chi connectivity index (χ3v) is 2.12. The molecule has 1 heterocycles. The van der Waals surface area contributed by atoms with Gasteiger partial charge in [-0.1, -0.05) is 6.92 Å². The predicted octanol–water partition coefficient (Wildman–Crippen LogP) is 0.819. The Balaban J connectivity index is 2.30. The lowest BCUT2D eigenvalue weighted by Gasteiger charge is -1.97. The molecule has 0 atom stereocenters. The summed E-state index contributed by atoms with van der Waals surface area (Å²) in [6, 6.07) is 0. The number of hydrogen-bond acceptors (Lipinski definition) is 4. The van der Waals surface area contributed by atoms with Gasteiger partial charge in [0.1, 0.15) is 0 Å². The van der Waals surface area contributed by atoms with Gasteiger partial charge in [-0.05, 0) is 12.8 Å². The SMILES string of the molecule is CC1(c2nnc(C(=O)O)o2)CC1. The first-order valence-corrected chi connectivity index (χ1v) is 3.69. The van der Waals surface area contributed by atoms with Crippen molar-refractivity contribution in [3.63, 3.8) is 0 Å². The van der Waals surface area contributed by atoms with E-state index in [1.807, 2.05) is 6.92 Å². The standard InChI is InChI=1S/C7H8N2O3/c1-7(2-3-7)6-9-8-4(12-6)5(10)11/h2-3H2,1H3,(H,10,11). The van der Waals surface area contributed by atoms with Crippen LogP contribution in [-0.4, -0.2) is 21.3 Å². The van der Waals surface area contributed by atoms with Gasteiger partial charge in [0.05, 0.1) is 0 Å². The predicted molar refractivity (Wildman–Crippen MR) is 37.8 cm³/mol. The fraction of sp³-hybridized carbons (Fsp3) is 0.571. The Kier molecular flexibility index (Phi) is 1.25. The quantitative estimate of drug-likeness (QED) is 0.707. The van der Waals surface area contributed by atoms with E-state index in [2.05, 4.69) is 10.2 Å². The zero-order chi connectivity index (χ0) is 8.77. The molecule has 0 spiro atoms. The number of nitrogens with zero attached hydrogens (tertiary/aromatic N) is 2. The smallest absolute Gasteiger partial charge is 0.393 e. The van der Waals surface area contributed by atoms with Crippen molar-refractivity contribution in [3.05, 3.63) is 11.8 Å². The minimum Gasteiger partial charge on any atom is -0.474 e. The number of carbonyl (C=O) groups is 1. The molecule has 1 fully saturated rings. The van der Waals surface area contributed by atoms with Crippen LogP contribution in [0.25, 0.3) is 0 Å². The molecule has 64 valence electrons. The molecule has 0 radical (unpaired) electrons. The van der Waals surface area contributed by atoms with E-state index in [1.165, 1.54) is 0 Å². The van der Waals surface area contributed by atoms with Gasteiger partial charge < -0.3 is 9.52 Å². The average Bonchev–Trinajstić information content (AvgIpc) is 2.61. The Labute approximate surface area is 68.4 Å². The molecule has 5 heteroatoms. The molecular formula is C7H8N2O3. The number of carboxylic acid groups (broad SMARTS) is 1. The molecule has 1 aromatic heterocycles. The zero-order valence-electron chi connectivity index (χ0n) is 6.57. The van der Waals surface area contributed by atoms with Gasteiger partial charge in [-0.3, -0.25) is 0 Å². The molecule has 0 aliphatic heterocycles. The summed E-state index contributed by atoms with van der Waals surface area (Å²) >= 11 is 0. The third kappa shape index (κ3) is 0.975. The van der Waals surface area contributed by atoms with Gasteiger partial charge in [-0.2, -0.15) is 0 Å². The molecular weight excluding hydrogens is 160 g/mol. The Bertz CT molecular complexity index is 327. The van der Waals surface area contributed by atoms with Gasteiger partial charge in [0.2, 0.25) is 5.89 Å². The van der Waals surface area contributed by atoms with E-state index >= 15 is 0 Å². The van der Waals surface area contributed by atoms with Crippen LogP contribution in [0.15, 0.2) is 4.42 Å². The minimum atomic E-state index is -1.17. The normalized spacial score (nSPS) is 19.1. The van der Waals surface area contributed by atoms with E-state index in [0.29, 0.717) is 5.89 Å². The van der Waals surface area contributed by atoms with Crippen LogP contribution in [0.4, 0.5) is 0 Å². The maximum Gasteiger partial charge on any atom is 0.393 e. The highest BCUT2D eigenvalue weighted by molar-refractivity contribution is 5.81. The topological polar surface area (TPSA) is 76.2 Å². The molecule has 1 aliphatic carbocycles. The summed E-state index contributed by atoms with van der Waals surface area (Å²) in [6.45, 7) is 1.98. The molecule has 1 aliphatic rings. The van der Waals surface area contributed by atoms with Crippen molar-refractivity contribution in [2.45, 2.75) is 25.2 Å². The summed E-state index contributed by atoms with van der Waals surface area (Å²) in [5.41, 5.74) is -0.0549. The van der Waals surface area contributed by atoms with Crippen LogP contribution in [0.3, 0.4) is 0 Å². The monoisotopic (exact) mass is 168 g/mol. The van der Waals surface area contributed by atoms with Crippen molar-refractivity contribution < 1.29 is 14.3 Å². The Morgan fingerprint density at radius 1 is 1.58 bits per heavy atom. The number of carboxylic acids is 1. The molecule has 1 N–H and O–H groups in total. The van der Waals surface area contributed by atoms with Crippen LogP contribution in [-0.2, 0) is 5.41 Å². The summed E-state index contributed by atoms with van der Waals surface area (Å²) in [7, 11) is 0. The van der Waals surface area contributed by atoms with Crippen LogP contribution < -0.4 is 0 Å². The first-order valence-electron chi connectivity index (χ1n) is 3.69. The lowest BCUT2D eigenvalue weighted by Crippen LogP contribution is -1.99. The fourth-order valence-corrected chi connectivity index (χ4v) is 0.955. The molecule has 2 rings (SSSR count). The number of rotatable bonds is 2. The first-order chi connectivity index (χ1) is 5.62. The maximum atomic E-state index is 10.4. The van der Waals surface area contributed by atoms with E-state index < -0.39 is 5.97 Å². The summed E-state index contributed by atoms with van der Waals surface area (Å²) < 4.78 is 4.95. The van der Waals surface area contributed by atoms with Crippen molar-refractivity contribution in [1.82, 2.24) is 10.2 Å². The number of aromatic nitrogens is 2. The maximum absolute atomic E-state index is 10.4. The lowest BCUT2D eigenvalue weighted by atomic mass is 10.1. The first kappa shape index (κ1) is 7.27. The zero-order valence-corrected chi connectivity index (χ0v) is 6.57. The van der Waals surface area contributed by atoms with Crippen molar-refractivity contribution >= 4 is 5.97 Å². The Morgan fingerprint density at radius 3 is 2.67 bits per heavy atom. The molecule has 0 aromatic carbocycles. The highest BCUT2D eigenvalue weighted by Crippen LogP contribution is 2.46. The van der Waals surface area contributed by atoms with Crippen LogP contribution >= 0.6 is 0 Å². The van der Waals surface area contributed by atoms with Gasteiger partial charge >= 0.3 is 11.9 Å². The molecule has 0 amide bonds. The highest BCUT2D eigenvalue weighted by Gasteiger charge is 2.44. The molecule has 0 bridgehead atoms. The lowest BCUT2D eigenvalue weighted by molar-refractivity contribution is 0.0651. The van der Waals surface area contributed by atoms with Gasteiger partial charge in [-0.25, -0.2) is 4.79 Å². The minimum absolute atomic E-state index is 0.0549. The van der Waals surface area contributed by atoms with E-state index in [4.69, 9.17) is 9.52 Å². The summed E-state index contributed by atoms with van der Waals surface area (Å²) in [6.07, 6.45) is 1.99. The molecule has 5 nitrogen and oxygen atoms in total. The number of hydrogen-bond donors (Lipinski definition) is 1. The second-order valence-corrected chi connectivity index (χ2v) is 3.28. The van der Waals surface area contributed by atoms with Crippen molar-refractivity contribution in [3.8, 4) is 0 Å². The summed E-state index contributed by atoms with van der Waals surface area (Å²) in [5, 5.41) is 15.6. The Hall–Kier alpha value is -1.39. The van der Waals surface area contributed by atoms with Crippen LogP contribution in [0.5, 0.6) is 0 Å². The Morgan fingerprint density at radius 2 is 2.25 bits per heavy atom. The van der Waals surface area contributed by atoms with Crippen molar-refractivity contribution in [2.75, 3.05) is 0 Å². The van der Waals surface area contributed by atoms with Crippen LogP contribution in [0.2, 0.25) is 0 Å². The van der Waals surface area contributed by atoms with Crippen molar-refractivity contribution in [2.24, 2.45) is 0 Å². The van der Waals surface area contributed by atoms with Gasteiger partial charge in [0.25, 0.3) is 0 Å². The molecule has 12 heavy (non-hydrogen) atoms. The third-order valence-electron chi connectivity index (χ3n) is 2.12. The second-order valence-electron chi connectivity index (χ2n) is 3.28. The molecule has 0 saturated heterocycles. The summed E-state index contributed by atoms with van der Waals surface area (Å²) in [5.74, 6) is -1.05. The van der Waals surface area contributed by atoms with Crippen molar-refractivity contribution in [1.29, 1.82) is 0 Å². The molecule has 1 aromatic rings. The molecule has 0 unspecified atom stereocenters. The number of aromatic carboxylic acids is 1. The average molecular weight is 168 g/mol. The van der Waals surface area contributed by atoms with E-state index in [9.17, 15) is 4.79 Å². The largest absolute Gasteiger partial charge is 0.474 e. The second kappa shape index (κ2) is 2.06. The van der Waals surface area contributed by atoms with Gasteiger partial charge in [0, 0.05) is 5.41 Å². The van der Waals surface area contributed by atoms with E-state index in [1.54, 1.807) is 0 Å². The highest BCUT2D eigenvalue weighted by atomic mass is 16.4. The van der Waals surface area contributed by atoms with Crippen LogP contribution in [0.1, 0.15) is 36.3 Å². The van der Waals surface area contributed by atoms with E-state index in [-0.39, 0.29) is 11.3 Å². The van der Waals surface area contributed by atoms with Gasteiger partial charge in [0.15, 0.2) is 0 Å². The summed E-state index contributed by atoms with van der Waals surface area (Å²) in [4.78, 5) is 10.4. The van der Waals surface area contributed by atoms with Crippen LogP contribution in [0, 0.1) is 0 Å².